The second kappa shape index (κ2) is 15.9. The molecule has 2 atom stereocenters. The first kappa shape index (κ1) is 26.2. The Labute approximate surface area is 193 Å². The Morgan fingerprint density at radius 1 is 1.31 bits per heavy atom. The third-order valence-corrected chi connectivity index (χ3v) is 5.03. The van der Waals surface area contributed by atoms with Gasteiger partial charge < -0.3 is 24.5 Å². The van der Waals surface area contributed by atoms with Crippen molar-refractivity contribution in [3.05, 3.63) is 24.2 Å². The summed E-state index contributed by atoms with van der Waals surface area (Å²) in [6.45, 7) is 14.0. The van der Waals surface area contributed by atoms with Gasteiger partial charge in [-0.3, -0.25) is 9.89 Å². The topological polar surface area (TPSA) is 71.3 Å². The van der Waals surface area contributed by atoms with Crippen LogP contribution in [0.2, 0.25) is 0 Å². The minimum absolute atomic E-state index is 0. The number of nitrogens with one attached hydrogen (secondary N) is 2. The van der Waals surface area contributed by atoms with Gasteiger partial charge in [-0.15, -0.1) is 24.0 Å². The molecule has 0 aromatic carbocycles. The van der Waals surface area contributed by atoms with Crippen molar-refractivity contribution < 1.29 is 13.9 Å². The SMILES string of the molecule is CCNC(=NCC(c1ccco1)N(CC)CC)NCCCOCC1CCOC1.I. The molecule has 1 aliphatic rings. The molecule has 7 nitrogen and oxygen atoms in total. The fourth-order valence-corrected chi connectivity index (χ4v) is 3.40. The van der Waals surface area contributed by atoms with Gasteiger partial charge in [0, 0.05) is 32.2 Å². The van der Waals surface area contributed by atoms with E-state index < -0.39 is 0 Å². The number of likely N-dealkylation sites (N-methyl/N-ethyl adjacent to an activating group) is 1. The summed E-state index contributed by atoms with van der Waals surface area (Å²) in [6, 6.07) is 4.12. The van der Waals surface area contributed by atoms with Gasteiger partial charge in [0.15, 0.2) is 5.96 Å². The predicted octanol–water partition coefficient (Wildman–Crippen LogP) is 3.28. The minimum Gasteiger partial charge on any atom is -0.468 e. The maximum Gasteiger partial charge on any atom is 0.191 e. The molecule has 2 rings (SSSR count). The van der Waals surface area contributed by atoms with Crippen molar-refractivity contribution in [3.8, 4) is 0 Å². The van der Waals surface area contributed by atoms with Gasteiger partial charge in [0.2, 0.25) is 0 Å². The van der Waals surface area contributed by atoms with E-state index in [0.29, 0.717) is 12.5 Å². The van der Waals surface area contributed by atoms with Gasteiger partial charge in [-0.1, -0.05) is 13.8 Å². The highest BCUT2D eigenvalue weighted by molar-refractivity contribution is 14.0. The number of guanidine groups is 1. The molecule has 0 bridgehead atoms. The summed E-state index contributed by atoms with van der Waals surface area (Å²) in [5, 5.41) is 6.74. The first-order chi connectivity index (χ1) is 13.8. The number of ether oxygens (including phenoxy) is 2. The Balaban J connectivity index is 0.00000420. The van der Waals surface area contributed by atoms with Crippen LogP contribution in [0.3, 0.4) is 0 Å². The molecule has 0 amide bonds. The molecule has 2 unspecified atom stereocenters. The normalized spacial score (nSPS) is 17.9. The molecule has 1 fully saturated rings. The van der Waals surface area contributed by atoms with Gasteiger partial charge >= 0.3 is 0 Å². The van der Waals surface area contributed by atoms with Crippen LogP contribution in [0.1, 0.15) is 45.4 Å². The molecule has 0 aliphatic carbocycles. The third kappa shape index (κ3) is 9.67. The molecule has 1 aromatic rings. The van der Waals surface area contributed by atoms with E-state index in [2.05, 4.69) is 36.3 Å². The van der Waals surface area contributed by atoms with Gasteiger partial charge in [0.1, 0.15) is 5.76 Å². The van der Waals surface area contributed by atoms with Crippen molar-refractivity contribution in [2.75, 3.05) is 59.2 Å². The molecule has 0 spiro atoms. The monoisotopic (exact) mass is 522 g/mol. The molecular formula is C21H39IN4O3. The summed E-state index contributed by atoms with van der Waals surface area (Å²) >= 11 is 0. The lowest BCUT2D eigenvalue weighted by molar-refractivity contribution is 0.0888. The largest absolute Gasteiger partial charge is 0.468 e. The van der Waals surface area contributed by atoms with E-state index in [9.17, 15) is 0 Å². The van der Waals surface area contributed by atoms with E-state index in [-0.39, 0.29) is 30.0 Å². The summed E-state index contributed by atoms with van der Waals surface area (Å²) in [5.41, 5.74) is 0. The van der Waals surface area contributed by atoms with Crippen LogP contribution >= 0.6 is 24.0 Å². The Morgan fingerprint density at radius 2 is 2.14 bits per heavy atom. The van der Waals surface area contributed by atoms with Crippen LogP contribution in [-0.4, -0.2) is 70.0 Å². The third-order valence-electron chi connectivity index (χ3n) is 5.03. The zero-order valence-electron chi connectivity index (χ0n) is 18.2. The first-order valence-corrected chi connectivity index (χ1v) is 10.7. The van der Waals surface area contributed by atoms with E-state index in [1.807, 2.05) is 12.1 Å². The van der Waals surface area contributed by atoms with Gasteiger partial charge in [0.25, 0.3) is 0 Å². The Morgan fingerprint density at radius 3 is 2.76 bits per heavy atom. The van der Waals surface area contributed by atoms with Crippen LogP contribution in [0, 0.1) is 5.92 Å². The van der Waals surface area contributed by atoms with Crippen LogP contribution in [0.4, 0.5) is 0 Å². The molecule has 0 saturated carbocycles. The summed E-state index contributed by atoms with van der Waals surface area (Å²) in [7, 11) is 0. The van der Waals surface area contributed by atoms with Crippen molar-refractivity contribution >= 4 is 29.9 Å². The van der Waals surface area contributed by atoms with E-state index in [4.69, 9.17) is 18.9 Å². The Kier molecular flexibility index (Phi) is 14.4. The number of nitrogens with zero attached hydrogens (tertiary/aromatic N) is 2. The molecule has 0 radical (unpaired) electrons. The molecule has 1 aliphatic heterocycles. The highest BCUT2D eigenvalue weighted by atomic mass is 127. The van der Waals surface area contributed by atoms with Crippen LogP contribution in [0.25, 0.3) is 0 Å². The first-order valence-electron chi connectivity index (χ1n) is 10.7. The number of aliphatic imine (C=N–C) groups is 1. The smallest absolute Gasteiger partial charge is 0.191 e. The van der Waals surface area contributed by atoms with Gasteiger partial charge in [0.05, 0.1) is 32.1 Å². The lowest BCUT2D eigenvalue weighted by Gasteiger charge is -2.27. The summed E-state index contributed by atoms with van der Waals surface area (Å²) < 4.78 is 16.8. The maximum atomic E-state index is 5.77. The molecule has 168 valence electrons. The standard InChI is InChI=1S/C21H38N4O3.HI/c1-4-22-21(23-11-8-12-26-16-18-10-14-27-17-18)24-15-19(25(5-2)6-3)20-9-7-13-28-20;/h7,9,13,18-19H,4-6,8,10-12,14-17H2,1-3H3,(H2,22,23,24);1H. The minimum atomic E-state index is 0. The average molecular weight is 522 g/mol. The Hall–Kier alpha value is -0.840. The molecule has 2 N–H and O–H groups in total. The van der Waals surface area contributed by atoms with Crippen molar-refractivity contribution in [3.63, 3.8) is 0 Å². The second-order valence-electron chi connectivity index (χ2n) is 7.06. The number of hydrogen-bond donors (Lipinski definition) is 2. The van der Waals surface area contributed by atoms with Crippen LogP contribution in [0.5, 0.6) is 0 Å². The number of halogens is 1. The highest BCUT2D eigenvalue weighted by Gasteiger charge is 2.20. The van der Waals surface area contributed by atoms with Crippen LogP contribution in [0.15, 0.2) is 27.8 Å². The number of furan rings is 1. The summed E-state index contributed by atoms with van der Waals surface area (Å²) in [5.74, 6) is 2.38. The molecule has 2 heterocycles. The number of hydrogen-bond acceptors (Lipinski definition) is 5. The lowest BCUT2D eigenvalue weighted by atomic mass is 10.1. The predicted molar refractivity (Wildman–Crippen MR) is 128 cm³/mol. The lowest BCUT2D eigenvalue weighted by Crippen LogP contribution is -2.39. The highest BCUT2D eigenvalue weighted by Crippen LogP contribution is 2.21. The van der Waals surface area contributed by atoms with E-state index >= 15 is 0 Å². The van der Waals surface area contributed by atoms with Gasteiger partial charge in [-0.05, 0) is 45.0 Å². The molecule has 1 saturated heterocycles. The second-order valence-corrected chi connectivity index (χ2v) is 7.06. The van der Waals surface area contributed by atoms with E-state index in [0.717, 1.165) is 77.2 Å². The average Bonchev–Trinajstić information content (AvgIpc) is 3.41. The van der Waals surface area contributed by atoms with Gasteiger partial charge in [-0.25, -0.2) is 0 Å². The van der Waals surface area contributed by atoms with Crippen molar-refractivity contribution in [2.45, 2.75) is 39.7 Å². The molecule has 8 heteroatoms. The summed E-state index contributed by atoms with van der Waals surface area (Å²) in [4.78, 5) is 7.17. The molecule has 1 aromatic heterocycles. The van der Waals surface area contributed by atoms with Crippen molar-refractivity contribution in [1.29, 1.82) is 0 Å². The maximum absolute atomic E-state index is 5.77. The van der Waals surface area contributed by atoms with Crippen LogP contribution in [-0.2, 0) is 9.47 Å². The van der Waals surface area contributed by atoms with Gasteiger partial charge in [-0.2, -0.15) is 0 Å². The van der Waals surface area contributed by atoms with Crippen molar-refractivity contribution in [2.24, 2.45) is 10.9 Å². The molecular weight excluding hydrogens is 483 g/mol. The number of rotatable bonds is 13. The fraction of sp³-hybridized carbons (Fsp3) is 0.762. The van der Waals surface area contributed by atoms with E-state index in [1.165, 1.54) is 0 Å². The zero-order valence-corrected chi connectivity index (χ0v) is 20.5. The Bertz CT molecular complexity index is 532. The summed E-state index contributed by atoms with van der Waals surface area (Å²) in [6.07, 6.45) is 3.81. The molecule has 29 heavy (non-hydrogen) atoms. The van der Waals surface area contributed by atoms with Crippen LogP contribution < -0.4 is 10.6 Å². The van der Waals surface area contributed by atoms with E-state index in [1.54, 1.807) is 6.26 Å². The quantitative estimate of drug-likeness (QED) is 0.179. The fourth-order valence-electron chi connectivity index (χ4n) is 3.40. The van der Waals surface area contributed by atoms with Crippen molar-refractivity contribution in [1.82, 2.24) is 15.5 Å². The zero-order chi connectivity index (χ0) is 20.0.